The number of fused-ring (bicyclic) bond motifs is 1. The zero-order valence-electron chi connectivity index (χ0n) is 17.5. The summed E-state index contributed by atoms with van der Waals surface area (Å²) in [4.78, 5) is 20.5. The Balaban J connectivity index is 0.000000318. The van der Waals surface area contributed by atoms with Crippen LogP contribution in [0, 0.1) is 6.92 Å². The lowest BCUT2D eigenvalue weighted by Crippen LogP contribution is -2.15. The van der Waals surface area contributed by atoms with E-state index >= 15 is 0 Å². The molecule has 0 radical (unpaired) electrons. The molecule has 11 heteroatoms. The van der Waals surface area contributed by atoms with Crippen LogP contribution in [0.3, 0.4) is 0 Å². The number of aromatic amines is 1. The Morgan fingerprint density at radius 2 is 1.77 bits per heavy atom. The third-order valence-electron chi connectivity index (χ3n) is 3.59. The highest BCUT2D eigenvalue weighted by atomic mass is 32.3. The fourth-order valence-electron chi connectivity index (χ4n) is 2.40. The number of hydrogen-bond donors (Lipinski definition) is 5. The van der Waals surface area contributed by atoms with Gasteiger partial charge in [-0.1, -0.05) is 45.0 Å². The molecule has 30 heavy (non-hydrogen) atoms. The van der Waals surface area contributed by atoms with Crippen LogP contribution in [-0.4, -0.2) is 40.8 Å². The summed E-state index contributed by atoms with van der Waals surface area (Å²) in [5.74, 6) is 0.973. The number of aryl methyl sites for hydroxylation is 2. The quantitative estimate of drug-likeness (QED) is 0.363. The second-order valence-corrected chi connectivity index (χ2v) is 7.10. The SMILES string of the molecule is CC.CCc1nc(C)[nH]c(=O)n1.CN=Nc1c(S(O)(O)O)cc2ccccc2c1O. The molecular weight excluding hydrogens is 410 g/mol. The molecule has 0 amide bonds. The van der Waals surface area contributed by atoms with Gasteiger partial charge < -0.3 is 18.8 Å². The van der Waals surface area contributed by atoms with Crippen molar-refractivity contribution in [3.05, 3.63) is 52.5 Å². The van der Waals surface area contributed by atoms with Crippen molar-refractivity contribution in [2.24, 2.45) is 10.2 Å². The maximum absolute atomic E-state index is 10.7. The molecule has 164 valence electrons. The molecule has 0 bridgehead atoms. The molecule has 1 heterocycles. The lowest BCUT2D eigenvalue weighted by atomic mass is 10.1. The van der Waals surface area contributed by atoms with Crippen LogP contribution in [-0.2, 0) is 6.42 Å². The predicted octanol–water partition coefficient (Wildman–Crippen LogP) is 4.90. The summed E-state index contributed by atoms with van der Waals surface area (Å²) in [7, 11) is -2.61. The third kappa shape index (κ3) is 6.59. The lowest BCUT2D eigenvalue weighted by molar-refractivity contribution is 0.375. The van der Waals surface area contributed by atoms with E-state index in [4.69, 9.17) is 0 Å². The van der Waals surface area contributed by atoms with E-state index in [9.17, 15) is 23.6 Å². The zero-order valence-corrected chi connectivity index (χ0v) is 18.3. The number of nitrogens with zero attached hydrogens (tertiary/aromatic N) is 4. The summed E-state index contributed by atoms with van der Waals surface area (Å²) in [6, 6.07) is 8.17. The van der Waals surface area contributed by atoms with Crippen molar-refractivity contribution in [2.75, 3.05) is 7.05 Å². The number of phenolic OH excluding ortho intramolecular Hbond substituents is 1. The topological polar surface area (TPSA) is 164 Å². The smallest absolute Gasteiger partial charge is 0.348 e. The number of azo groups is 1. The summed E-state index contributed by atoms with van der Waals surface area (Å²) in [6.07, 6.45) is 0.699. The van der Waals surface area contributed by atoms with Crippen molar-refractivity contribution in [3.63, 3.8) is 0 Å². The first-order valence-electron chi connectivity index (χ1n) is 9.16. The highest BCUT2D eigenvalue weighted by Gasteiger charge is 2.24. The van der Waals surface area contributed by atoms with Crippen molar-refractivity contribution in [3.8, 4) is 5.75 Å². The lowest BCUT2D eigenvalue weighted by Gasteiger charge is -2.21. The first-order chi connectivity index (χ1) is 14.2. The van der Waals surface area contributed by atoms with E-state index in [1.807, 2.05) is 20.8 Å². The van der Waals surface area contributed by atoms with E-state index in [1.54, 1.807) is 31.2 Å². The van der Waals surface area contributed by atoms with Gasteiger partial charge in [0.25, 0.3) is 0 Å². The van der Waals surface area contributed by atoms with Gasteiger partial charge in [0.15, 0.2) is 5.75 Å². The van der Waals surface area contributed by atoms with Crippen molar-refractivity contribution in [1.29, 1.82) is 0 Å². The van der Waals surface area contributed by atoms with Crippen LogP contribution >= 0.6 is 10.9 Å². The number of hydrogen-bond acceptors (Lipinski definition) is 9. The number of aromatic nitrogens is 3. The van der Waals surface area contributed by atoms with Gasteiger partial charge in [-0.15, -0.1) is 0 Å². The van der Waals surface area contributed by atoms with Crippen LogP contribution < -0.4 is 5.69 Å². The van der Waals surface area contributed by atoms with Gasteiger partial charge in [-0.2, -0.15) is 15.2 Å². The highest BCUT2D eigenvalue weighted by Crippen LogP contribution is 2.53. The largest absolute Gasteiger partial charge is 0.505 e. The van der Waals surface area contributed by atoms with E-state index in [2.05, 4.69) is 25.2 Å². The molecule has 0 aliphatic carbocycles. The van der Waals surface area contributed by atoms with E-state index in [0.717, 1.165) is 0 Å². The van der Waals surface area contributed by atoms with Gasteiger partial charge in [0.2, 0.25) is 0 Å². The summed E-state index contributed by atoms with van der Waals surface area (Å²) in [6.45, 7) is 7.65. The molecule has 5 N–H and O–H groups in total. The standard InChI is InChI=1S/C11H12N2O4S.C6H9N3O.C2H6/c1-12-13-10-9(18(15,16)17)6-7-4-2-3-5-8(7)11(10)14;1-3-5-7-4(2)8-6(10)9-5;1-2/h2-6,14-17H,1H3;3H2,1-2H3,(H,7,8,9,10);1-2H3. The Morgan fingerprint density at radius 1 is 1.13 bits per heavy atom. The first-order valence-corrected chi connectivity index (χ1v) is 10.7. The molecule has 0 saturated carbocycles. The predicted molar refractivity (Wildman–Crippen MR) is 118 cm³/mol. The second kappa shape index (κ2) is 11.4. The van der Waals surface area contributed by atoms with E-state index < -0.39 is 10.9 Å². The van der Waals surface area contributed by atoms with Crippen molar-refractivity contribution >= 4 is 27.3 Å². The van der Waals surface area contributed by atoms with E-state index in [1.165, 1.54) is 13.1 Å². The molecule has 0 aliphatic heterocycles. The number of benzene rings is 2. The molecule has 0 unspecified atom stereocenters. The minimum atomic E-state index is -3.98. The maximum Gasteiger partial charge on any atom is 0.348 e. The molecule has 3 aromatic rings. The van der Waals surface area contributed by atoms with E-state index in [0.29, 0.717) is 28.8 Å². The van der Waals surface area contributed by atoms with Gasteiger partial charge in [0, 0.05) is 18.9 Å². The zero-order chi connectivity index (χ0) is 22.9. The summed E-state index contributed by atoms with van der Waals surface area (Å²) in [5.41, 5.74) is -0.456. The van der Waals surface area contributed by atoms with Gasteiger partial charge >= 0.3 is 5.69 Å². The molecule has 3 rings (SSSR count). The van der Waals surface area contributed by atoms with Gasteiger partial charge in [-0.3, -0.25) is 4.98 Å². The van der Waals surface area contributed by atoms with Crippen molar-refractivity contribution in [1.82, 2.24) is 15.0 Å². The number of rotatable bonds is 3. The minimum absolute atomic E-state index is 0.140. The summed E-state index contributed by atoms with van der Waals surface area (Å²) >= 11 is 0. The first kappa shape index (κ1) is 25.2. The normalized spacial score (nSPS) is 11.5. The van der Waals surface area contributed by atoms with Gasteiger partial charge in [0.1, 0.15) is 28.2 Å². The molecule has 0 spiro atoms. The average Bonchev–Trinajstić information content (AvgIpc) is 2.70. The fraction of sp³-hybridized carbons (Fsp3) is 0.316. The van der Waals surface area contributed by atoms with Crippen LogP contribution in [0.25, 0.3) is 10.8 Å². The van der Waals surface area contributed by atoms with Crippen LogP contribution in [0.2, 0.25) is 0 Å². The Bertz CT molecular complexity index is 1060. The average molecular weight is 438 g/mol. The van der Waals surface area contributed by atoms with Gasteiger partial charge in [-0.05, 0) is 18.4 Å². The van der Waals surface area contributed by atoms with Crippen LogP contribution in [0.5, 0.6) is 5.75 Å². The van der Waals surface area contributed by atoms with Crippen LogP contribution in [0.1, 0.15) is 32.4 Å². The highest BCUT2D eigenvalue weighted by molar-refractivity contribution is 8.19. The van der Waals surface area contributed by atoms with Crippen molar-refractivity contribution in [2.45, 2.75) is 39.0 Å². The maximum atomic E-state index is 10.7. The summed E-state index contributed by atoms with van der Waals surface area (Å²) in [5, 5.41) is 18.2. The molecule has 2 aromatic carbocycles. The third-order valence-corrected chi connectivity index (χ3v) is 4.49. The molecule has 0 saturated heterocycles. The minimum Gasteiger partial charge on any atom is -0.505 e. The molecule has 10 nitrogen and oxygen atoms in total. The molecule has 0 fully saturated rings. The molecule has 1 aromatic heterocycles. The monoisotopic (exact) mass is 437 g/mol. The number of aromatic hydroxyl groups is 1. The number of H-pyrrole nitrogens is 1. The summed E-state index contributed by atoms with van der Waals surface area (Å²) < 4.78 is 28.1. The Labute approximate surface area is 176 Å². The van der Waals surface area contributed by atoms with Gasteiger partial charge in [-0.25, -0.2) is 9.78 Å². The Kier molecular flexibility index (Phi) is 9.53. The van der Waals surface area contributed by atoms with Crippen LogP contribution in [0.15, 0.2) is 50.3 Å². The van der Waals surface area contributed by atoms with Crippen molar-refractivity contribution < 1.29 is 18.8 Å². The van der Waals surface area contributed by atoms with Crippen LogP contribution in [0.4, 0.5) is 5.69 Å². The molecular formula is C19H27N5O5S. The number of phenols is 1. The van der Waals surface area contributed by atoms with E-state index in [-0.39, 0.29) is 22.0 Å². The molecule has 0 atom stereocenters. The molecule has 0 aliphatic rings. The number of nitrogens with one attached hydrogen (secondary N) is 1. The Morgan fingerprint density at radius 3 is 2.30 bits per heavy atom. The second-order valence-electron chi connectivity index (χ2n) is 5.62. The fourth-order valence-corrected chi connectivity index (χ4v) is 3.08. The van der Waals surface area contributed by atoms with Gasteiger partial charge in [0.05, 0.1) is 4.90 Å². The Hall–Kier alpha value is -2.86.